The summed E-state index contributed by atoms with van der Waals surface area (Å²) in [7, 11) is -3.45. The van der Waals surface area contributed by atoms with Crippen LogP contribution in [0.2, 0.25) is 0 Å². The molecule has 0 fully saturated rings. The summed E-state index contributed by atoms with van der Waals surface area (Å²) in [5.74, 6) is 0.700. The largest absolute Gasteiger partial charge is 0.491 e. The van der Waals surface area contributed by atoms with Crippen molar-refractivity contribution >= 4 is 10.0 Å². The number of hydrogen-bond acceptors (Lipinski definition) is 4. The lowest BCUT2D eigenvalue weighted by atomic mass is 10.2. The normalized spacial score (nSPS) is 12.3. The van der Waals surface area contributed by atoms with Gasteiger partial charge in [-0.15, -0.1) is 0 Å². The first-order valence-corrected chi connectivity index (χ1v) is 9.21. The number of nitrogens with one attached hydrogen (secondary N) is 1. The van der Waals surface area contributed by atoms with Crippen LogP contribution in [0, 0.1) is 11.3 Å². The summed E-state index contributed by atoms with van der Waals surface area (Å²) in [6, 6.07) is 17.3. The van der Waals surface area contributed by atoms with Crippen LogP contribution in [-0.4, -0.2) is 21.1 Å². The van der Waals surface area contributed by atoms with Crippen molar-refractivity contribution in [2.75, 3.05) is 6.54 Å². The van der Waals surface area contributed by atoms with Gasteiger partial charge in [0, 0.05) is 6.54 Å². The standard InChI is InChI=1S/C18H20N2O3S/c1-15(23-17-11-9-16(14-19)10-12-17)6-5-13-20-24(21,22)18-7-3-2-4-8-18/h2-4,7-12,15,20H,5-6,13H2,1H3. The molecule has 0 aliphatic carbocycles. The van der Waals surface area contributed by atoms with Gasteiger partial charge >= 0.3 is 0 Å². The van der Waals surface area contributed by atoms with E-state index in [1.807, 2.05) is 6.92 Å². The Morgan fingerprint density at radius 1 is 1.12 bits per heavy atom. The van der Waals surface area contributed by atoms with E-state index in [4.69, 9.17) is 10.00 Å². The van der Waals surface area contributed by atoms with Crippen LogP contribution in [0.5, 0.6) is 5.75 Å². The molecule has 1 unspecified atom stereocenters. The van der Waals surface area contributed by atoms with Crippen molar-refractivity contribution in [3.05, 3.63) is 60.2 Å². The van der Waals surface area contributed by atoms with Gasteiger partial charge in [0.2, 0.25) is 10.0 Å². The molecule has 0 radical (unpaired) electrons. The van der Waals surface area contributed by atoms with E-state index in [-0.39, 0.29) is 11.0 Å². The minimum atomic E-state index is -3.45. The summed E-state index contributed by atoms with van der Waals surface area (Å²) in [4.78, 5) is 0.270. The Bertz CT molecular complexity index is 781. The number of benzene rings is 2. The maximum atomic E-state index is 12.1. The molecule has 0 saturated carbocycles. The SMILES string of the molecule is CC(CCCNS(=O)(=O)c1ccccc1)Oc1ccc(C#N)cc1. The zero-order valence-electron chi connectivity index (χ0n) is 13.5. The highest BCUT2D eigenvalue weighted by atomic mass is 32.2. The van der Waals surface area contributed by atoms with Crippen molar-refractivity contribution in [3.8, 4) is 11.8 Å². The summed E-state index contributed by atoms with van der Waals surface area (Å²) in [5.41, 5.74) is 0.588. The molecule has 126 valence electrons. The van der Waals surface area contributed by atoms with E-state index in [0.717, 1.165) is 6.42 Å². The predicted octanol–water partition coefficient (Wildman–Crippen LogP) is 3.08. The second-order valence-electron chi connectivity index (χ2n) is 5.42. The molecule has 0 amide bonds. The van der Waals surface area contributed by atoms with Crippen molar-refractivity contribution in [1.29, 1.82) is 5.26 Å². The van der Waals surface area contributed by atoms with Gasteiger partial charge in [-0.1, -0.05) is 18.2 Å². The minimum Gasteiger partial charge on any atom is -0.491 e. The van der Waals surface area contributed by atoms with Gasteiger partial charge in [-0.2, -0.15) is 5.26 Å². The van der Waals surface area contributed by atoms with E-state index in [1.54, 1.807) is 54.6 Å². The molecule has 0 spiro atoms. The zero-order chi connectivity index (χ0) is 17.4. The van der Waals surface area contributed by atoms with Crippen molar-refractivity contribution in [1.82, 2.24) is 4.72 Å². The Hall–Kier alpha value is -2.36. The van der Waals surface area contributed by atoms with Gasteiger partial charge in [-0.25, -0.2) is 13.1 Å². The van der Waals surface area contributed by atoms with Crippen molar-refractivity contribution < 1.29 is 13.2 Å². The zero-order valence-corrected chi connectivity index (χ0v) is 14.3. The van der Waals surface area contributed by atoms with Gasteiger partial charge < -0.3 is 4.74 Å². The van der Waals surface area contributed by atoms with Crippen molar-refractivity contribution in [2.24, 2.45) is 0 Å². The van der Waals surface area contributed by atoms with E-state index >= 15 is 0 Å². The molecule has 0 aliphatic rings. The molecule has 6 heteroatoms. The lowest BCUT2D eigenvalue weighted by molar-refractivity contribution is 0.208. The maximum Gasteiger partial charge on any atom is 0.240 e. The number of nitrogens with zero attached hydrogens (tertiary/aromatic N) is 1. The van der Waals surface area contributed by atoms with Crippen molar-refractivity contribution in [2.45, 2.75) is 30.8 Å². The van der Waals surface area contributed by atoms with Gasteiger partial charge in [0.1, 0.15) is 5.75 Å². The molecule has 0 aromatic heterocycles. The van der Waals surface area contributed by atoms with E-state index in [0.29, 0.717) is 24.3 Å². The molecule has 0 aliphatic heterocycles. The Kier molecular flexibility index (Phi) is 6.36. The van der Waals surface area contributed by atoms with Crippen LogP contribution in [0.25, 0.3) is 0 Å². The quantitative estimate of drug-likeness (QED) is 0.746. The Morgan fingerprint density at radius 3 is 2.42 bits per heavy atom. The summed E-state index contributed by atoms with van der Waals surface area (Å²) < 4.78 is 32.5. The van der Waals surface area contributed by atoms with E-state index in [1.165, 1.54) is 0 Å². The molecular weight excluding hydrogens is 324 g/mol. The Balaban J connectivity index is 1.74. The van der Waals surface area contributed by atoms with Crippen LogP contribution >= 0.6 is 0 Å². The second-order valence-corrected chi connectivity index (χ2v) is 7.18. The predicted molar refractivity (Wildman–Crippen MR) is 92.1 cm³/mol. The average Bonchev–Trinajstić information content (AvgIpc) is 2.60. The molecule has 2 aromatic rings. The molecule has 24 heavy (non-hydrogen) atoms. The summed E-state index contributed by atoms with van der Waals surface area (Å²) in [5, 5.41) is 8.75. The van der Waals surface area contributed by atoms with Gasteiger partial charge in [0.05, 0.1) is 22.6 Å². The van der Waals surface area contributed by atoms with E-state index < -0.39 is 10.0 Å². The van der Waals surface area contributed by atoms with Gasteiger partial charge in [-0.3, -0.25) is 0 Å². The number of ether oxygens (including phenoxy) is 1. The fourth-order valence-corrected chi connectivity index (χ4v) is 3.27. The highest BCUT2D eigenvalue weighted by Crippen LogP contribution is 2.15. The third-order valence-corrected chi connectivity index (χ3v) is 4.93. The monoisotopic (exact) mass is 344 g/mol. The number of sulfonamides is 1. The number of rotatable bonds is 8. The fourth-order valence-electron chi connectivity index (χ4n) is 2.18. The van der Waals surface area contributed by atoms with E-state index in [2.05, 4.69) is 10.8 Å². The molecule has 0 saturated heterocycles. The molecule has 2 rings (SSSR count). The molecule has 0 bridgehead atoms. The number of hydrogen-bond donors (Lipinski definition) is 1. The highest BCUT2D eigenvalue weighted by molar-refractivity contribution is 7.89. The van der Waals surface area contributed by atoms with Crippen LogP contribution < -0.4 is 9.46 Å². The van der Waals surface area contributed by atoms with Crippen LogP contribution in [0.15, 0.2) is 59.5 Å². The maximum absolute atomic E-state index is 12.1. The smallest absolute Gasteiger partial charge is 0.240 e. The first-order chi connectivity index (χ1) is 11.5. The fraction of sp³-hybridized carbons (Fsp3) is 0.278. The summed E-state index contributed by atoms with van der Waals surface area (Å²) in [6.45, 7) is 2.29. The van der Waals surface area contributed by atoms with E-state index in [9.17, 15) is 8.42 Å². The molecule has 5 nitrogen and oxygen atoms in total. The van der Waals surface area contributed by atoms with Crippen molar-refractivity contribution in [3.63, 3.8) is 0 Å². The van der Waals surface area contributed by atoms with Crippen LogP contribution in [0.3, 0.4) is 0 Å². The number of nitriles is 1. The second kappa shape index (κ2) is 8.48. The molecule has 2 aromatic carbocycles. The Morgan fingerprint density at radius 2 is 1.79 bits per heavy atom. The topological polar surface area (TPSA) is 79.2 Å². The van der Waals surface area contributed by atoms with Crippen LogP contribution in [-0.2, 0) is 10.0 Å². The summed E-state index contributed by atoms with van der Waals surface area (Å²) >= 11 is 0. The molecular formula is C18H20N2O3S. The third-order valence-electron chi connectivity index (χ3n) is 3.45. The first kappa shape index (κ1) is 18.0. The lowest BCUT2D eigenvalue weighted by Gasteiger charge is -2.15. The highest BCUT2D eigenvalue weighted by Gasteiger charge is 2.12. The Labute approximate surface area is 142 Å². The molecule has 1 N–H and O–H groups in total. The minimum absolute atomic E-state index is 0.0424. The first-order valence-electron chi connectivity index (χ1n) is 7.73. The third kappa shape index (κ3) is 5.37. The van der Waals surface area contributed by atoms with Crippen LogP contribution in [0.1, 0.15) is 25.3 Å². The van der Waals surface area contributed by atoms with Gasteiger partial charge in [0.15, 0.2) is 0 Å². The van der Waals surface area contributed by atoms with Crippen LogP contribution in [0.4, 0.5) is 0 Å². The lowest BCUT2D eigenvalue weighted by Crippen LogP contribution is -2.25. The van der Waals surface area contributed by atoms with Gasteiger partial charge in [-0.05, 0) is 56.2 Å². The molecule has 0 heterocycles. The summed E-state index contributed by atoms with van der Waals surface area (Å²) in [6.07, 6.45) is 1.35. The van der Waals surface area contributed by atoms with Gasteiger partial charge in [0.25, 0.3) is 0 Å². The molecule has 1 atom stereocenters. The average molecular weight is 344 g/mol.